The largest absolute Gasteiger partial charge is 0.368 e. The van der Waals surface area contributed by atoms with Crippen LogP contribution in [0.25, 0.3) is 0 Å². The number of piperidine rings is 2. The minimum absolute atomic E-state index is 0.170. The summed E-state index contributed by atoms with van der Waals surface area (Å²) in [4.78, 5) is 16.6. The fraction of sp³-hybridized carbons (Fsp3) is 0.938. The summed E-state index contributed by atoms with van der Waals surface area (Å²) in [6.45, 7) is 7.56. The van der Waals surface area contributed by atoms with Crippen LogP contribution in [0.3, 0.4) is 0 Å². The first-order valence-electron chi connectivity index (χ1n) is 8.57. The fourth-order valence-electron chi connectivity index (χ4n) is 3.91. The zero-order valence-corrected chi connectivity index (χ0v) is 13.7. The molecule has 2 aliphatic heterocycles. The van der Waals surface area contributed by atoms with Gasteiger partial charge >= 0.3 is 0 Å². The summed E-state index contributed by atoms with van der Waals surface area (Å²) in [5.74, 6) is 0.601. The minimum Gasteiger partial charge on any atom is -0.368 e. The van der Waals surface area contributed by atoms with Gasteiger partial charge in [0.1, 0.15) is 0 Å². The molecule has 2 aliphatic rings. The van der Waals surface area contributed by atoms with Gasteiger partial charge in [0.05, 0.1) is 6.04 Å². The van der Waals surface area contributed by atoms with E-state index in [1.807, 2.05) is 0 Å². The standard InChI is InChI=1S/C16H32N4O/c1-3-8-18-14(16(17)21)6-10-20-11-7-15-13(12-20)5-4-9-19(15)2/h13-15,18H,3-12H2,1-2H3,(H2,17,21). The van der Waals surface area contributed by atoms with Gasteiger partial charge in [0.25, 0.3) is 0 Å². The molecule has 0 radical (unpaired) electrons. The van der Waals surface area contributed by atoms with Crippen molar-refractivity contribution in [3.05, 3.63) is 0 Å². The number of rotatable bonds is 7. The number of nitrogens with zero attached hydrogens (tertiary/aromatic N) is 2. The van der Waals surface area contributed by atoms with Gasteiger partial charge in [0.2, 0.25) is 5.91 Å². The van der Waals surface area contributed by atoms with E-state index in [4.69, 9.17) is 5.73 Å². The molecule has 3 atom stereocenters. The Kier molecular flexibility index (Phi) is 6.45. The molecule has 2 heterocycles. The smallest absolute Gasteiger partial charge is 0.234 e. The van der Waals surface area contributed by atoms with Crippen LogP contribution in [-0.4, -0.2) is 67.6 Å². The lowest BCUT2D eigenvalue weighted by molar-refractivity contribution is -0.120. The van der Waals surface area contributed by atoms with Crippen LogP contribution in [0.4, 0.5) is 0 Å². The molecular formula is C16H32N4O. The highest BCUT2D eigenvalue weighted by atomic mass is 16.1. The Morgan fingerprint density at radius 2 is 2.19 bits per heavy atom. The number of carbonyl (C=O) groups is 1. The Balaban J connectivity index is 1.77. The van der Waals surface area contributed by atoms with E-state index in [-0.39, 0.29) is 11.9 Å². The molecule has 0 aromatic carbocycles. The summed E-state index contributed by atoms with van der Waals surface area (Å²) in [5.41, 5.74) is 5.49. The van der Waals surface area contributed by atoms with Gasteiger partial charge in [0, 0.05) is 19.1 Å². The lowest BCUT2D eigenvalue weighted by Gasteiger charge is -2.46. The zero-order valence-electron chi connectivity index (χ0n) is 13.7. The van der Waals surface area contributed by atoms with E-state index in [9.17, 15) is 4.79 Å². The van der Waals surface area contributed by atoms with Crippen LogP contribution >= 0.6 is 0 Å². The molecule has 122 valence electrons. The maximum atomic E-state index is 11.5. The van der Waals surface area contributed by atoms with Crippen molar-refractivity contribution in [2.24, 2.45) is 11.7 Å². The van der Waals surface area contributed by atoms with E-state index in [2.05, 4.69) is 29.1 Å². The van der Waals surface area contributed by atoms with E-state index in [1.165, 1.54) is 32.4 Å². The van der Waals surface area contributed by atoms with Gasteiger partial charge in [-0.15, -0.1) is 0 Å². The SMILES string of the molecule is CCCNC(CCN1CCC2C(CCCN2C)C1)C(N)=O. The third kappa shape index (κ3) is 4.66. The van der Waals surface area contributed by atoms with Crippen LogP contribution in [0.2, 0.25) is 0 Å². The minimum atomic E-state index is -0.212. The molecule has 2 fully saturated rings. The molecular weight excluding hydrogens is 264 g/mol. The normalized spacial score (nSPS) is 29.0. The van der Waals surface area contributed by atoms with Gasteiger partial charge in [-0.05, 0) is 64.7 Å². The van der Waals surface area contributed by atoms with E-state index in [0.717, 1.165) is 44.4 Å². The maximum Gasteiger partial charge on any atom is 0.234 e. The second kappa shape index (κ2) is 8.11. The molecule has 0 bridgehead atoms. The molecule has 0 aromatic heterocycles. The lowest BCUT2D eigenvalue weighted by atomic mass is 9.84. The van der Waals surface area contributed by atoms with Gasteiger partial charge in [-0.25, -0.2) is 0 Å². The summed E-state index contributed by atoms with van der Waals surface area (Å²) in [5, 5.41) is 3.26. The molecule has 2 rings (SSSR count). The van der Waals surface area contributed by atoms with Crippen molar-refractivity contribution in [1.29, 1.82) is 0 Å². The lowest BCUT2D eigenvalue weighted by Crippen LogP contribution is -2.53. The van der Waals surface area contributed by atoms with Crippen LogP contribution < -0.4 is 11.1 Å². The molecule has 3 unspecified atom stereocenters. The van der Waals surface area contributed by atoms with Crippen molar-refractivity contribution in [3.8, 4) is 0 Å². The molecule has 5 heteroatoms. The third-order valence-corrected chi connectivity index (χ3v) is 5.15. The Morgan fingerprint density at radius 1 is 1.38 bits per heavy atom. The van der Waals surface area contributed by atoms with Gasteiger partial charge in [-0.1, -0.05) is 6.92 Å². The summed E-state index contributed by atoms with van der Waals surface area (Å²) in [6, 6.07) is 0.608. The maximum absolute atomic E-state index is 11.5. The van der Waals surface area contributed by atoms with Crippen LogP contribution in [0.15, 0.2) is 0 Å². The number of nitrogens with two attached hydrogens (primary N) is 1. The van der Waals surface area contributed by atoms with Gasteiger partial charge < -0.3 is 20.9 Å². The van der Waals surface area contributed by atoms with Crippen LogP contribution in [0.5, 0.6) is 0 Å². The molecule has 2 saturated heterocycles. The van der Waals surface area contributed by atoms with Gasteiger partial charge in [-0.3, -0.25) is 4.79 Å². The molecule has 5 nitrogen and oxygen atoms in total. The van der Waals surface area contributed by atoms with E-state index in [1.54, 1.807) is 0 Å². The van der Waals surface area contributed by atoms with Gasteiger partial charge in [-0.2, -0.15) is 0 Å². The highest BCUT2D eigenvalue weighted by Gasteiger charge is 2.34. The van der Waals surface area contributed by atoms with E-state index < -0.39 is 0 Å². The van der Waals surface area contributed by atoms with Gasteiger partial charge in [0.15, 0.2) is 0 Å². The van der Waals surface area contributed by atoms with Crippen molar-refractivity contribution < 1.29 is 4.79 Å². The first-order valence-corrected chi connectivity index (χ1v) is 8.57. The first kappa shape index (κ1) is 16.7. The van der Waals surface area contributed by atoms with Crippen molar-refractivity contribution in [2.45, 2.75) is 51.1 Å². The number of fused-ring (bicyclic) bond motifs is 1. The molecule has 0 spiro atoms. The zero-order chi connectivity index (χ0) is 15.2. The number of amides is 1. The Morgan fingerprint density at radius 3 is 2.90 bits per heavy atom. The second-order valence-corrected chi connectivity index (χ2v) is 6.74. The number of primary amides is 1. The fourth-order valence-corrected chi connectivity index (χ4v) is 3.91. The highest BCUT2D eigenvalue weighted by molar-refractivity contribution is 5.79. The average molecular weight is 296 g/mol. The van der Waals surface area contributed by atoms with Crippen molar-refractivity contribution in [1.82, 2.24) is 15.1 Å². The van der Waals surface area contributed by atoms with Crippen molar-refractivity contribution in [3.63, 3.8) is 0 Å². The van der Waals surface area contributed by atoms with Crippen LogP contribution in [-0.2, 0) is 4.79 Å². The second-order valence-electron chi connectivity index (χ2n) is 6.74. The molecule has 0 aromatic rings. The predicted molar refractivity (Wildman–Crippen MR) is 86.1 cm³/mol. The molecule has 0 saturated carbocycles. The molecule has 1 amide bonds. The average Bonchev–Trinajstić information content (AvgIpc) is 2.47. The van der Waals surface area contributed by atoms with E-state index >= 15 is 0 Å². The summed E-state index contributed by atoms with van der Waals surface area (Å²) >= 11 is 0. The number of hydrogen-bond acceptors (Lipinski definition) is 4. The van der Waals surface area contributed by atoms with E-state index in [0.29, 0.717) is 0 Å². The van der Waals surface area contributed by atoms with Crippen molar-refractivity contribution in [2.75, 3.05) is 39.8 Å². The monoisotopic (exact) mass is 296 g/mol. The van der Waals surface area contributed by atoms with Crippen LogP contribution in [0, 0.1) is 5.92 Å². The summed E-state index contributed by atoms with van der Waals surface area (Å²) in [7, 11) is 2.27. The predicted octanol–water partition coefficient (Wildman–Crippen LogP) is 0.646. The Hall–Kier alpha value is -0.650. The molecule has 21 heavy (non-hydrogen) atoms. The number of nitrogens with one attached hydrogen (secondary N) is 1. The van der Waals surface area contributed by atoms with Crippen molar-refractivity contribution >= 4 is 5.91 Å². The van der Waals surface area contributed by atoms with Crippen LogP contribution in [0.1, 0.15) is 39.0 Å². The number of hydrogen-bond donors (Lipinski definition) is 2. The third-order valence-electron chi connectivity index (χ3n) is 5.15. The molecule has 3 N–H and O–H groups in total. The first-order chi connectivity index (χ1) is 10.1. The Labute approximate surface area is 129 Å². The Bertz CT molecular complexity index is 336. The number of likely N-dealkylation sites (tertiary alicyclic amines) is 2. The number of carbonyl (C=O) groups excluding carboxylic acids is 1. The summed E-state index contributed by atoms with van der Waals surface area (Å²) in [6.07, 6.45) is 5.82. The quantitative estimate of drug-likeness (QED) is 0.724. The summed E-state index contributed by atoms with van der Waals surface area (Å²) < 4.78 is 0. The molecule has 0 aliphatic carbocycles. The topological polar surface area (TPSA) is 61.6 Å². The highest BCUT2D eigenvalue weighted by Crippen LogP contribution is 2.29.